The summed E-state index contributed by atoms with van der Waals surface area (Å²) in [7, 11) is 1.85. The summed E-state index contributed by atoms with van der Waals surface area (Å²) in [6.07, 6.45) is 0.900. The Morgan fingerprint density at radius 3 is 2.71 bits per heavy atom. The Bertz CT molecular complexity index is 564. The molecule has 0 aromatic carbocycles. The van der Waals surface area contributed by atoms with E-state index in [4.69, 9.17) is 11.6 Å². The van der Waals surface area contributed by atoms with Gasteiger partial charge in [-0.15, -0.1) is 0 Å². The van der Waals surface area contributed by atoms with E-state index < -0.39 is 0 Å². The molecule has 1 atom stereocenters. The highest BCUT2D eigenvalue weighted by molar-refractivity contribution is 7.07. The number of aromatic nitrogens is 2. The Hall–Kier alpha value is -0.880. The van der Waals surface area contributed by atoms with Crippen LogP contribution in [0.2, 0.25) is 5.15 Å². The van der Waals surface area contributed by atoms with Gasteiger partial charge < -0.3 is 5.11 Å². The highest BCUT2D eigenvalue weighted by Crippen LogP contribution is 2.23. The van der Waals surface area contributed by atoms with Crippen molar-refractivity contribution in [2.45, 2.75) is 39.4 Å². The molecule has 0 radical (unpaired) electrons. The van der Waals surface area contributed by atoms with Crippen LogP contribution in [-0.2, 0) is 20.1 Å². The van der Waals surface area contributed by atoms with Gasteiger partial charge in [0.05, 0.1) is 12.3 Å². The molecule has 2 rings (SSSR count). The van der Waals surface area contributed by atoms with Crippen LogP contribution in [0, 0.1) is 6.92 Å². The molecule has 6 heteroatoms. The molecule has 0 saturated heterocycles. The third-order valence-electron chi connectivity index (χ3n) is 3.80. The zero-order valence-electron chi connectivity index (χ0n) is 12.7. The second kappa shape index (κ2) is 7.40. The molecular formula is C15H22ClN3OS. The zero-order chi connectivity index (χ0) is 15.4. The highest BCUT2D eigenvalue weighted by Gasteiger charge is 2.21. The molecule has 2 aromatic rings. The van der Waals surface area contributed by atoms with Crippen LogP contribution in [0.5, 0.6) is 0 Å². The van der Waals surface area contributed by atoms with Crippen LogP contribution in [0.25, 0.3) is 0 Å². The third-order valence-corrected chi connectivity index (χ3v) is 5.00. The third kappa shape index (κ3) is 3.86. The lowest BCUT2D eigenvalue weighted by atomic mass is 10.1. The molecule has 2 heterocycles. The minimum Gasteiger partial charge on any atom is -0.395 e. The summed E-state index contributed by atoms with van der Waals surface area (Å²) in [4.78, 5) is 2.28. The van der Waals surface area contributed by atoms with Gasteiger partial charge in [0, 0.05) is 31.7 Å². The Labute approximate surface area is 135 Å². The Kier molecular flexibility index (Phi) is 5.81. The summed E-state index contributed by atoms with van der Waals surface area (Å²) in [5.41, 5.74) is 3.26. The van der Waals surface area contributed by atoms with Gasteiger partial charge in [0.1, 0.15) is 5.15 Å². The molecule has 0 aliphatic carbocycles. The number of hydrogen-bond donors (Lipinski definition) is 1. The Morgan fingerprint density at radius 1 is 1.48 bits per heavy atom. The van der Waals surface area contributed by atoms with Gasteiger partial charge in [0.15, 0.2) is 0 Å². The quantitative estimate of drug-likeness (QED) is 0.849. The van der Waals surface area contributed by atoms with Crippen LogP contribution < -0.4 is 0 Å². The molecular weight excluding hydrogens is 306 g/mol. The van der Waals surface area contributed by atoms with E-state index in [2.05, 4.69) is 33.7 Å². The lowest BCUT2D eigenvalue weighted by molar-refractivity contribution is 0.106. The molecule has 0 bridgehead atoms. The van der Waals surface area contributed by atoms with Gasteiger partial charge in [0.2, 0.25) is 0 Å². The zero-order valence-corrected chi connectivity index (χ0v) is 14.3. The molecule has 0 unspecified atom stereocenters. The van der Waals surface area contributed by atoms with E-state index in [9.17, 15) is 5.11 Å². The summed E-state index contributed by atoms with van der Waals surface area (Å²) in [6.45, 7) is 5.74. The van der Waals surface area contributed by atoms with Crippen LogP contribution in [0.4, 0.5) is 0 Å². The molecule has 0 fully saturated rings. The SMILES string of the molecule is CC[C@@H](CO)N(Cc1ccsc1)Cc1c(C)nn(C)c1Cl. The fourth-order valence-electron chi connectivity index (χ4n) is 2.49. The van der Waals surface area contributed by atoms with E-state index >= 15 is 0 Å². The van der Waals surface area contributed by atoms with Crippen molar-refractivity contribution in [2.24, 2.45) is 7.05 Å². The van der Waals surface area contributed by atoms with Crippen LogP contribution in [-0.4, -0.2) is 32.4 Å². The number of aliphatic hydroxyl groups excluding tert-OH is 1. The van der Waals surface area contributed by atoms with E-state index in [1.165, 1.54) is 5.56 Å². The fourth-order valence-corrected chi connectivity index (χ4v) is 3.38. The summed E-state index contributed by atoms with van der Waals surface area (Å²) in [5, 5.41) is 18.9. The smallest absolute Gasteiger partial charge is 0.131 e. The summed E-state index contributed by atoms with van der Waals surface area (Å²) in [6, 6.07) is 2.25. The first-order valence-electron chi connectivity index (χ1n) is 7.10. The minimum absolute atomic E-state index is 0.126. The molecule has 2 aromatic heterocycles. The van der Waals surface area contributed by atoms with Crippen molar-refractivity contribution in [1.82, 2.24) is 14.7 Å². The van der Waals surface area contributed by atoms with Gasteiger partial charge in [-0.3, -0.25) is 9.58 Å². The fraction of sp³-hybridized carbons (Fsp3) is 0.533. The number of halogens is 1. The number of nitrogens with zero attached hydrogens (tertiary/aromatic N) is 3. The van der Waals surface area contributed by atoms with Crippen molar-refractivity contribution in [2.75, 3.05) is 6.61 Å². The maximum Gasteiger partial charge on any atom is 0.131 e. The van der Waals surface area contributed by atoms with Gasteiger partial charge >= 0.3 is 0 Å². The second-order valence-corrected chi connectivity index (χ2v) is 6.40. The van der Waals surface area contributed by atoms with Crippen molar-refractivity contribution < 1.29 is 5.11 Å². The van der Waals surface area contributed by atoms with E-state index in [1.54, 1.807) is 16.0 Å². The van der Waals surface area contributed by atoms with E-state index in [1.807, 2.05) is 14.0 Å². The number of aliphatic hydroxyl groups is 1. The lowest BCUT2D eigenvalue weighted by Crippen LogP contribution is -2.36. The lowest BCUT2D eigenvalue weighted by Gasteiger charge is -2.29. The molecule has 1 N–H and O–H groups in total. The van der Waals surface area contributed by atoms with Crippen LogP contribution in [0.15, 0.2) is 16.8 Å². The molecule has 0 aliphatic rings. The van der Waals surface area contributed by atoms with Crippen molar-refractivity contribution in [1.29, 1.82) is 0 Å². The van der Waals surface area contributed by atoms with Crippen molar-refractivity contribution in [3.8, 4) is 0 Å². The standard InChI is InChI=1S/C15H22ClN3OS/c1-4-13(9-20)19(7-12-5-6-21-10-12)8-14-11(2)17-18(3)15(14)16/h5-6,10,13,20H,4,7-9H2,1-3H3/t13-/m0/s1. The predicted octanol–water partition coefficient (Wildman–Crippen LogP) is 3.22. The second-order valence-electron chi connectivity index (χ2n) is 5.26. The van der Waals surface area contributed by atoms with E-state index in [0.29, 0.717) is 11.7 Å². The number of rotatable bonds is 7. The maximum atomic E-state index is 9.65. The molecule has 0 spiro atoms. The first kappa shape index (κ1) is 16.5. The van der Waals surface area contributed by atoms with Gasteiger partial charge in [-0.25, -0.2) is 0 Å². The predicted molar refractivity (Wildman–Crippen MR) is 87.7 cm³/mol. The monoisotopic (exact) mass is 327 g/mol. The van der Waals surface area contributed by atoms with Crippen LogP contribution in [0.1, 0.15) is 30.2 Å². The van der Waals surface area contributed by atoms with Crippen molar-refractivity contribution >= 4 is 22.9 Å². The van der Waals surface area contributed by atoms with Crippen molar-refractivity contribution in [3.63, 3.8) is 0 Å². The maximum absolute atomic E-state index is 9.65. The summed E-state index contributed by atoms with van der Waals surface area (Å²) < 4.78 is 1.70. The molecule has 0 amide bonds. The summed E-state index contributed by atoms with van der Waals surface area (Å²) in [5.74, 6) is 0. The largest absolute Gasteiger partial charge is 0.395 e. The van der Waals surface area contributed by atoms with Gasteiger partial charge in [-0.1, -0.05) is 18.5 Å². The normalized spacial score (nSPS) is 13.0. The Balaban J connectivity index is 2.22. The number of hydrogen-bond acceptors (Lipinski definition) is 4. The van der Waals surface area contributed by atoms with Crippen LogP contribution in [0.3, 0.4) is 0 Å². The molecule has 0 saturated carbocycles. The molecule has 0 aliphatic heterocycles. The van der Waals surface area contributed by atoms with E-state index in [-0.39, 0.29) is 12.6 Å². The van der Waals surface area contributed by atoms with Gasteiger partial charge in [-0.05, 0) is 35.7 Å². The average Bonchev–Trinajstić information content (AvgIpc) is 3.04. The topological polar surface area (TPSA) is 41.3 Å². The van der Waals surface area contributed by atoms with E-state index in [0.717, 1.165) is 24.2 Å². The Morgan fingerprint density at radius 2 is 2.24 bits per heavy atom. The first-order chi connectivity index (χ1) is 10.1. The average molecular weight is 328 g/mol. The molecule has 21 heavy (non-hydrogen) atoms. The van der Waals surface area contributed by atoms with Gasteiger partial charge in [0.25, 0.3) is 0 Å². The first-order valence-corrected chi connectivity index (χ1v) is 8.42. The van der Waals surface area contributed by atoms with Gasteiger partial charge in [-0.2, -0.15) is 16.4 Å². The minimum atomic E-state index is 0.126. The number of thiophene rings is 1. The molecule has 116 valence electrons. The summed E-state index contributed by atoms with van der Waals surface area (Å²) >= 11 is 8.04. The molecule has 4 nitrogen and oxygen atoms in total. The van der Waals surface area contributed by atoms with Crippen LogP contribution >= 0.6 is 22.9 Å². The number of aryl methyl sites for hydroxylation is 2. The highest BCUT2D eigenvalue weighted by atomic mass is 35.5. The van der Waals surface area contributed by atoms with Crippen molar-refractivity contribution in [3.05, 3.63) is 38.8 Å².